The highest BCUT2D eigenvalue weighted by atomic mass is 16.5. The Balaban J connectivity index is 1.37. The molecule has 0 saturated carbocycles. The van der Waals surface area contributed by atoms with Crippen LogP contribution in [0.1, 0.15) is 39.8 Å². The quantitative estimate of drug-likeness (QED) is 0.150. The van der Waals surface area contributed by atoms with Gasteiger partial charge in [0.2, 0.25) is 0 Å². The zero-order valence-corrected chi connectivity index (χ0v) is 23.6. The molecule has 2 N–H and O–H groups in total. The highest BCUT2D eigenvalue weighted by Crippen LogP contribution is 2.41. The maximum Gasteiger partial charge on any atom is 0.311 e. The van der Waals surface area contributed by atoms with Gasteiger partial charge in [-0.3, -0.25) is 4.79 Å². The maximum absolute atomic E-state index is 12.5. The zero-order chi connectivity index (χ0) is 29.2. The fraction of sp³-hybridized carbons (Fsp3) is 0.184. The van der Waals surface area contributed by atoms with E-state index in [1.807, 2.05) is 121 Å². The number of aliphatic hydroxyl groups excluding tert-OH is 1. The van der Waals surface area contributed by atoms with Gasteiger partial charge >= 0.3 is 5.97 Å². The molecular formula is C38H36O4. The molecule has 0 radical (unpaired) electrons. The third-order valence-electron chi connectivity index (χ3n) is 7.77. The van der Waals surface area contributed by atoms with Gasteiger partial charge in [0.05, 0.1) is 12.7 Å². The van der Waals surface area contributed by atoms with Crippen LogP contribution >= 0.6 is 0 Å². The minimum absolute atomic E-state index is 0.163. The molecule has 0 fully saturated rings. The Morgan fingerprint density at radius 3 is 1.57 bits per heavy atom. The van der Waals surface area contributed by atoms with Crippen LogP contribution in [0.3, 0.4) is 0 Å². The molecule has 0 aromatic heterocycles. The first-order chi connectivity index (χ1) is 20.6. The van der Waals surface area contributed by atoms with Crippen LogP contribution in [0.25, 0.3) is 0 Å². The summed E-state index contributed by atoms with van der Waals surface area (Å²) in [6.45, 7) is -0.163. The first-order valence-electron chi connectivity index (χ1n) is 14.4. The summed E-state index contributed by atoms with van der Waals surface area (Å²) >= 11 is 0. The molecule has 0 amide bonds. The smallest absolute Gasteiger partial charge is 0.311 e. The summed E-state index contributed by atoms with van der Waals surface area (Å²) in [6.07, 6.45) is 0.614. The third kappa shape index (κ3) is 6.85. The summed E-state index contributed by atoms with van der Waals surface area (Å²) in [6, 6.07) is 48.1. The normalized spacial score (nSPS) is 12.9. The molecule has 2 atom stereocenters. The van der Waals surface area contributed by atoms with E-state index < -0.39 is 23.6 Å². The molecular weight excluding hydrogens is 520 g/mol. The van der Waals surface area contributed by atoms with Crippen molar-refractivity contribution in [3.8, 4) is 0 Å². The molecule has 0 spiro atoms. The molecule has 0 saturated heterocycles. The van der Waals surface area contributed by atoms with Gasteiger partial charge in [-0.05, 0) is 52.6 Å². The van der Waals surface area contributed by atoms with Gasteiger partial charge in [0.15, 0.2) is 0 Å². The predicted octanol–water partition coefficient (Wildman–Crippen LogP) is 7.28. The highest BCUT2D eigenvalue weighted by Gasteiger charge is 2.40. The summed E-state index contributed by atoms with van der Waals surface area (Å²) in [4.78, 5) is 12.5. The molecule has 5 aromatic carbocycles. The van der Waals surface area contributed by atoms with Gasteiger partial charge < -0.3 is 14.9 Å². The number of aliphatic carboxylic acids is 1. The first kappa shape index (κ1) is 29.0. The molecule has 212 valence electrons. The van der Waals surface area contributed by atoms with Crippen LogP contribution in [0.2, 0.25) is 0 Å². The topological polar surface area (TPSA) is 66.8 Å². The number of benzene rings is 5. The molecule has 0 aliphatic heterocycles. The fourth-order valence-electron chi connectivity index (χ4n) is 5.57. The average molecular weight is 557 g/mol. The van der Waals surface area contributed by atoms with Crippen LogP contribution in [0, 0.1) is 5.92 Å². The second-order valence-corrected chi connectivity index (χ2v) is 10.6. The lowest BCUT2D eigenvalue weighted by Gasteiger charge is -2.37. The van der Waals surface area contributed by atoms with Gasteiger partial charge in [0, 0.05) is 0 Å². The lowest BCUT2D eigenvalue weighted by Crippen LogP contribution is -2.39. The van der Waals surface area contributed by atoms with Crippen molar-refractivity contribution in [1.82, 2.24) is 0 Å². The Morgan fingerprint density at radius 1 is 0.619 bits per heavy atom. The SMILES string of the molecule is O=C(O)[C@H](COC(c1ccccc1)(c1ccccc1)c1ccccc1)[C@H](O)CCc1cccc(Cc2ccccc2)c1. The number of hydrogen-bond acceptors (Lipinski definition) is 3. The van der Waals surface area contributed by atoms with Gasteiger partial charge in [-0.15, -0.1) is 0 Å². The number of hydrogen-bond donors (Lipinski definition) is 2. The Bertz CT molecular complexity index is 1440. The van der Waals surface area contributed by atoms with Crippen molar-refractivity contribution in [2.75, 3.05) is 6.61 Å². The summed E-state index contributed by atoms with van der Waals surface area (Å²) in [5.41, 5.74) is 5.09. The maximum atomic E-state index is 12.5. The minimum atomic E-state index is -1.10. The van der Waals surface area contributed by atoms with Crippen molar-refractivity contribution in [3.05, 3.63) is 179 Å². The van der Waals surface area contributed by atoms with E-state index in [1.54, 1.807) is 0 Å². The first-order valence-corrected chi connectivity index (χ1v) is 14.4. The number of carboxylic acids is 1. The molecule has 0 aliphatic carbocycles. The van der Waals surface area contributed by atoms with E-state index in [-0.39, 0.29) is 6.61 Å². The van der Waals surface area contributed by atoms with E-state index in [2.05, 4.69) is 24.3 Å². The fourth-order valence-corrected chi connectivity index (χ4v) is 5.57. The van der Waals surface area contributed by atoms with E-state index in [1.165, 1.54) is 11.1 Å². The van der Waals surface area contributed by atoms with E-state index in [0.29, 0.717) is 12.8 Å². The van der Waals surface area contributed by atoms with Crippen LogP contribution in [-0.4, -0.2) is 28.9 Å². The Kier molecular flexibility index (Phi) is 9.60. The number of aliphatic hydroxyl groups is 1. The van der Waals surface area contributed by atoms with Gasteiger partial charge in [0.25, 0.3) is 0 Å². The van der Waals surface area contributed by atoms with E-state index in [0.717, 1.165) is 28.7 Å². The highest BCUT2D eigenvalue weighted by molar-refractivity contribution is 5.71. The number of carbonyl (C=O) groups is 1. The average Bonchev–Trinajstić information content (AvgIpc) is 3.04. The molecule has 42 heavy (non-hydrogen) atoms. The third-order valence-corrected chi connectivity index (χ3v) is 7.77. The van der Waals surface area contributed by atoms with Crippen molar-refractivity contribution in [2.24, 2.45) is 5.92 Å². The van der Waals surface area contributed by atoms with Gasteiger partial charge in [-0.1, -0.05) is 146 Å². The van der Waals surface area contributed by atoms with E-state index in [4.69, 9.17) is 4.74 Å². The predicted molar refractivity (Wildman–Crippen MR) is 166 cm³/mol. The molecule has 0 unspecified atom stereocenters. The van der Waals surface area contributed by atoms with E-state index >= 15 is 0 Å². The second kappa shape index (κ2) is 13.9. The molecule has 0 heterocycles. The number of carboxylic acid groups (broad SMARTS) is 1. The largest absolute Gasteiger partial charge is 0.481 e. The summed E-state index contributed by atoms with van der Waals surface area (Å²) < 4.78 is 6.73. The van der Waals surface area contributed by atoms with Crippen LogP contribution in [0.4, 0.5) is 0 Å². The van der Waals surface area contributed by atoms with Crippen molar-refractivity contribution >= 4 is 5.97 Å². The van der Waals surface area contributed by atoms with Crippen molar-refractivity contribution < 1.29 is 19.7 Å². The van der Waals surface area contributed by atoms with Crippen LogP contribution in [0.5, 0.6) is 0 Å². The van der Waals surface area contributed by atoms with Gasteiger partial charge in [-0.2, -0.15) is 0 Å². The Hall–Kier alpha value is -4.51. The van der Waals surface area contributed by atoms with Crippen molar-refractivity contribution in [1.29, 1.82) is 0 Å². The number of rotatable bonds is 13. The molecule has 0 aliphatic rings. The van der Waals surface area contributed by atoms with Crippen LogP contribution < -0.4 is 0 Å². The Morgan fingerprint density at radius 2 is 1.07 bits per heavy atom. The number of ether oxygens (including phenoxy) is 1. The van der Waals surface area contributed by atoms with E-state index in [9.17, 15) is 15.0 Å². The zero-order valence-electron chi connectivity index (χ0n) is 23.6. The molecule has 0 bridgehead atoms. The summed E-state index contributed by atoms with van der Waals surface area (Å²) in [5, 5.41) is 21.4. The van der Waals surface area contributed by atoms with Crippen molar-refractivity contribution in [3.63, 3.8) is 0 Å². The summed E-state index contributed by atoms with van der Waals surface area (Å²) in [7, 11) is 0. The standard InChI is InChI=1S/C38H36O4/c39-36(25-24-30-16-13-17-31(27-30)26-29-14-5-1-6-15-29)35(37(40)41)28-42-38(32-18-7-2-8-19-32,33-20-9-3-10-21-33)34-22-11-4-12-23-34/h1-23,27,35-36,39H,24-26,28H2,(H,40,41)/t35-,36-/m1/s1. The van der Waals surface area contributed by atoms with Crippen LogP contribution in [-0.2, 0) is 28.0 Å². The van der Waals surface area contributed by atoms with Crippen LogP contribution in [0.15, 0.2) is 146 Å². The van der Waals surface area contributed by atoms with Gasteiger partial charge in [-0.25, -0.2) is 0 Å². The Labute approximate surface area is 247 Å². The lowest BCUT2D eigenvalue weighted by atomic mass is 9.80. The molecule has 5 rings (SSSR count). The lowest BCUT2D eigenvalue weighted by molar-refractivity contribution is -0.151. The summed E-state index contributed by atoms with van der Waals surface area (Å²) in [5.74, 6) is -2.18. The molecule has 4 heteroatoms. The second-order valence-electron chi connectivity index (χ2n) is 10.6. The molecule has 4 nitrogen and oxygen atoms in total. The minimum Gasteiger partial charge on any atom is -0.481 e. The molecule has 5 aromatic rings. The number of aryl methyl sites for hydroxylation is 1. The van der Waals surface area contributed by atoms with Crippen molar-refractivity contribution in [2.45, 2.75) is 31.0 Å². The monoisotopic (exact) mass is 556 g/mol. The van der Waals surface area contributed by atoms with Gasteiger partial charge in [0.1, 0.15) is 11.5 Å².